The van der Waals surface area contributed by atoms with Gasteiger partial charge in [0.05, 0.1) is 41.4 Å². The van der Waals surface area contributed by atoms with E-state index in [1.165, 1.54) is 30.7 Å². The number of pyridine rings is 3. The molecule has 0 radical (unpaired) electrons. The highest BCUT2D eigenvalue weighted by molar-refractivity contribution is 6.04. The van der Waals surface area contributed by atoms with Gasteiger partial charge in [0.1, 0.15) is 0 Å². The fourth-order valence-electron chi connectivity index (χ4n) is 2.26. The zero-order chi connectivity index (χ0) is 19.2. The highest BCUT2D eigenvalue weighted by Gasteiger charge is 2.15. The topological polar surface area (TPSA) is 96.9 Å². The van der Waals surface area contributed by atoms with Crippen LogP contribution in [0.2, 0.25) is 0 Å². The number of nitrogens with zero attached hydrogens (tertiary/aromatic N) is 3. The van der Waals surface area contributed by atoms with Gasteiger partial charge in [0.2, 0.25) is 0 Å². The maximum absolute atomic E-state index is 13.7. The lowest BCUT2D eigenvalue weighted by Gasteiger charge is -2.11. The minimum absolute atomic E-state index is 0.0735. The van der Waals surface area contributed by atoms with Gasteiger partial charge in [0, 0.05) is 18.6 Å². The summed E-state index contributed by atoms with van der Waals surface area (Å²) in [4.78, 5) is 35.6. The largest absolute Gasteiger partial charge is 0.346 e. The van der Waals surface area contributed by atoms with E-state index < -0.39 is 23.4 Å². The predicted molar refractivity (Wildman–Crippen MR) is 91.8 cm³/mol. The van der Waals surface area contributed by atoms with E-state index in [9.17, 15) is 18.4 Å². The summed E-state index contributed by atoms with van der Waals surface area (Å²) in [6.45, 7) is -0.0735. The maximum atomic E-state index is 13.7. The number of nitrogens with one attached hydrogen (secondary N) is 2. The van der Waals surface area contributed by atoms with Crippen LogP contribution >= 0.6 is 0 Å². The quantitative estimate of drug-likeness (QED) is 0.720. The summed E-state index contributed by atoms with van der Waals surface area (Å²) >= 11 is 0. The van der Waals surface area contributed by atoms with Gasteiger partial charge >= 0.3 is 0 Å². The molecule has 7 nitrogen and oxygen atoms in total. The van der Waals surface area contributed by atoms with Crippen LogP contribution in [0.25, 0.3) is 0 Å². The van der Waals surface area contributed by atoms with Crippen LogP contribution in [0.3, 0.4) is 0 Å². The Kier molecular flexibility index (Phi) is 5.41. The van der Waals surface area contributed by atoms with Crippen molar-refractivity contribution < 1.29 is 18.4 Å². The molecule has 0 bridgehead atoms. The summed E-state index contributed by atoms with van der Waals surface area (Å²) in [7, 11) is 0. The molecule has 27 heavy (non-hydrogen) atoms. The standard InChI is InChI=1S/C18H13F2N5O2/c19-13-8-21-6-3-11(13)17(26)24-10-16-15(2-1-5-23-16)25-18(27)12-4-7-22-9-14(12)20/h1-9H,10H2,(H,24,26)(H,25,27). The lowest BCUT2D eigenvalue weighted by Crippen LogP contribution is -2.25. The van der Waals surface area contributed by atoms with E-state index in [4.69, 9.17) is 0 Å². The molecule has 3 aromatic rings. The Labute approximate surface area is 152 Å². The highest BCUT2D eigenvalue weighted by Crippen LogP contribution is 2.15. The zero-order valence-corrected chi connectivity index (χ0v) is 13.8. The first-order chi connectivity index (χ1) is 13.1. The van der Waals surface area contributed by atoms with Gasteiger partial charge in [-0.2, -0.15) is 0 Å². The third-order valence-electron chi connectivity index (χ3n) is 3.59. The van der Waals surface area contributed by atoms with E-state index in [1.807, 2.05) is 0 Å². The van der Waals surface area contributed by atoms with Crippen LogP contribution in [0.1, 0.15) is 26.4 Å². The first kappa shape index (κ1) is 18.1. The van der Waals surface area contributed by atoms with E-state index in [1.54, 1.807) is 12.1 Å². The Morgan fingerprint density at radius 3 is 2.15 bits per heavy atom. The van der Waals surface area contributed by atoms with Crippen LogP contribution in [-0.4, -0.2) is 26.8 Å². The van der Waals surface area contributed by atoms with Crippen molar-refractivity contribution in [1.29, 1.82) is 0 Å². The molecule has 9 heteroatoms. The summed E-state index contributed by atoms with van der Waals surface area (Å²) in [5, 5.41) is 5.05. The number of aromatic nitrogens is 3. The van der Waals surface area contributed by atoms with Gasteiger partial charge < -0.3 is 10.6 Å². The summed E-state index contributed by atoms with van der Waals surface area (Å²) in [6, 6.07) is 5.62. The summed E-state index contributed by atoms with van der Waals surface area (Å²) in [5.41, 5.74) is 0.269. The number of hydrogen-bond donors (Lipinski definition) is 2. The summed E-state index contributed by atoms with van der Waals surface area (Å²) < 4.78 is 27.3. The average molecular weight is 369 g/mol. The number of amides is 2. The van der Waals surface area contributed by atoms with Gasteiger partial charge in [-0.05, 0) is 24.3 Å². The molecule has 0 aliphatic heterocycles. The lowest BCUT2D eigenvalue weighted by molar-refractivity contribution is 0.0946. The number of rotatable bonds is 5. The van der Waals surface area contributed by atoms with Gasteiger partial charge in [0.25, 0.3) is 11.8 Å². The molecule has 0 aliphatic rings. The molecule has 136 valence electrons. The Hall–Kier alpha value is -3.75. The molecule has 0 saturated heterocycles. The van der Waals surface area contributed by atoms with Gasteiger partial charge in [-0.3, -0.25) is 24.5 Å². The van der Waals surface area contributed by atoms with Crippen molar-refractivity contribution in [2.75, 3.05) is 5.32 Å². The molecule has 2 amide bonds. The molecule has 2 N–H and O–H groups in total. The second-order valence-corrected chi connectivity index (χ2v) is 5.35. The number of carbonyl (C=O) groups is 2. The second-order valence-electron chi connectivity index (χ2n) is 5.35. The molecule has 0 aliphatic carbocycles. The minimum atomic E-state index is -0.762. The Bertz CT molecular complexity index is 997. The molecule has 0 fully saturated rings. The normalized spacial score (nSPS) is 10.3. The molecular formula is C18H13F2N5O2. The molecule has 0 atom stereocenters. The Morgan fingerprint density at radius 1 is 0.889 bits per heavy atom. The van der Waals surface area contributed by atoms with Crippen LogP contribution < -0.4 is 10.6 Å². The molecule has 0 saturated carbocycles. The second kappa shape index (κ2) is 8.09. The van der Waals surface area contributed by atoms with Gasteiger partial charge in [-0.15, -0.1) is 0 Å². The van der Waals surface area contributed by atoms with E-state index in [2.05, 4.69) is 25.6 Å². The molecule has 0 spiro atoms. The smallest absolute Gasteiger partial charge is 0.258 e. The Morgan fingerprint density at radius 2 is 1.52 bits per heavy atom. The average Bonchev–Trinajstić information content (AvgIpc) is 2.67. The fraction of sp³-hybridized carbons (Fsp3) is 0.0556. The Balaban J connectivity index is 1.73. The van der Waals surface area contributed by atoms with Crippen molar-refractivity contribution in [3.63, 3.8) is 0 Å². The fourth-order valence-corrected chi connectivity index (χ4v) is 2.26. The van der Waals surface area contributed by atoms with Crippen molar-refractivity contribution in [2.24, 2.45) is 0 Å². The van der Waals surface area contributed by atoms with E-state index in [0.29, 0.717) is 5.69 Å². The van der Waals surface area contributed by atoms with Gasteiger partial charge in [-0.25, -0.2) is 8.78 Å². The highest BCUT2D eigenvalue weighted by atomic mass is 19.1. The minimum Gasteiger partial charge on any atom is -0.346 e. The van der Waals surface area contributed by atoms with Crippen LogP contribution in [0, 0.1) is 11.6 Å². The molecule has 0 aromatic carbocycles. The first-order valence-corrected chi connectivity index (χ1v) is 7.78. The third-order valence-corrected chi connectivity index (χ3v) is 3.59. The van der Waals surface area contributed by atoms with Gasteiger partial charge in [-0.1, -0.05) is 0 Å². The third kappa shape index (κ3) is 4.27. The number of anilines is 1. The van der Waals surface area contributed by atoms with Crippen LogP contribution in [0.15, 0.2) is 55.2 Å². The predicted octanol–water partition coefficient (Wildman–Crippen LogP) is 2.33. The summed E-state index contributed by atoms with van der Waals surface area (Å²) in [6.07, 6.45) is 5.93. The number of hydrogen-bond acceptors (Lipinski definition) is 5. The van der Waals surface area contributed by atoms with Crippen molar-refractivity contribution in [3.8, 4) is 0 Å². The zero-order valence-electron chi connectivity index (χ0n) is 13.8. The van der Waals surface area contributed by atoms with Crippen molar-refractivity contribution >= 4 is 17.5 Å². The number of carbonyl (C=O) groups excluding carboxylic acids is 2. The van der Waals surface area contributed by atoms with Crippen LogP contribution in [0.5, 0.6) is 0 Å². The monoisotopic (exact) mass is 369 g/mol. The molecule has 0 unspecified atom stereocenters. The van der Waals surface area contributed by atoms with Crippen molar-refractivity contribution in [2.45, 2.75) is 6.54 Å². The van der Waals surface area contributed by atoms with E-state index in [-0.39, 0.29) is 23.4 Å². The van der Waals surface area contributed by atoms with Crippen molar-refractivity contribution in [3.05, 3.63) is 83.7 Å². The van der Waals surface area contributed by atoms with E-state index in [0.717, 1.165) is 12.4 Å². The molecule has 3 heterocycles. The summed E-state index contributed by atoms with van der Waals surface area (Å²) in [5.74, 6) is -2.85. The maximum Gasteiger partial charge on any atom is 0.258 e. The van der Waals surface area contributed by atoms with Gasteiger partial charge in [0.15, 0.2) is 11.6 Å². The lowest BCUT2D eigenvalue weighted by atomic mass is 10.2. The number of halogens is 2. The molecule has 3 rings (SSSR count). The van der Waals surface area contributed by atoms with Crippen molar-refractivity contribution in [1.82, 2.24) is 20.3 Å². The van der Waals surface area contributed by atoms with Crippen LogP contribution in [0.4, 0.5) is 14.5 Å². The van der Waals surface area contributed by atoms with Crippen LogP contribution in [-0.2, 0) is 6.54 Å². The first-order valence-electron chi connectivity index (χ1n) is 7.78. The molecule has 3 aromatic heterocycles. The molecular weight excluding hydrogens is 356 g/mol. The van der Waals surface area contributed by atoms with E-state index >= 15 is 0 Å². The SMILES string of the molecule is O=C(NCc1ncccc1NC(=O)c1ccncc1F)c1ccncc1F.